The SMILES string of the molecule is Cn1nnnc1NC(C)(CN)C1CC1. The Morgan fingerprint density at radius 1 is 1.64 bits per heavy atom. The second kappa shape index (κ2) is 3.20. The van der Waals surface area contributed by atoms with Crippen LogP contribution in [-0.4, -0.2) is 32.3 Å². The van der Waals surface area contributed by atoms with E-state index >= 15 is 0 Å². The number of hydrogen-bond donors (Lipinski definition) is 2. The van der Waals surface area contributed by atoms with Crippen LogP contribution in [0.4, 0.5) is 5.95 Å². The lowest BCUT2D eigenvalue weighted by atomic mass is 9.96. The molecule has 0 bridgehead atoms. The summed E-state index contributed by atoms with van der Waals surface area (Å²) in [6, 6.07) is 0. The third-order valence-corrected chi connectivity index (χ3v) is 2.92. The van der Waals surface area contributed by atoms with Crippen molar-refractivity contribution in [2.24, 2.45) is 18.7 Å². The summed E-state index contributed by atoms with van der Waals surface area (Å²) in [6.45, 7) is 2.73. The highest BCUT2D eigenvalue weighted by Crippen LogP contribution is 2.40. The van der Waals surface area contributed by atoms with Gasteiger partial charge in [0.2, 0.25) is 5.95 Å². The molecule has 1 heterocycles. The molecule has 1 aliphatic carbocycles. The molecule has 1 atom stereocenters. The normalized spacial score (nSPS) is 20.5. The number of aryl methyl sites for hydroxylation is 1. The summed E-state index contributed by atoms with van der Waals surface area (Å²) in [5, 5.41) is 14.6. The van der Waals surface area contributed by atoms with E-state index in [-0.39, 0.29) is 5.54 Å². The number of nitrogens with two attached hydrogens (primary N) is 1. The van der Waals surface area contributed by atoms with E-state index in [0.717, 1.165) is 0 Å². The van der Waals surface area contributed by atoms with Crippen molar-refractivity contribution in [1.82, 2.24) is 20.2 Å². The van der Waals surface area contributed by atoms with Crippen LogP contribution < -0.4 is 11.1 Å². The van der Waals surface area contributed by atoms with Crippen LogP contribution in [0.3, 0.4) is 0 Å². The van der Waals surface area contributed by atoms with Crippen LogP contribution in [-0.2, 0) is 7.05 Å². The second-order valence-electron chi connectivity index (χ2n) is 4.15. The maximum atomic E-state index is 5.77. The van der Waals surface area contributed by atoms with Crippen molar-refractivity contribution < 1.29 is 0 Å². The summed E-state index contributed by atoms with van der Waals surface area (Å²) >= 11 is 0. The lowest BCUT2D eigenvalue weighted by molar-refractivity contribution is 0.453. The molecular weight excluding hydrogens is 180 g/mol. The van der Waals surface area contributed by atoms with Crippen molar-refractivity contribution in [1.29, 1.82) is 0 Å². The van der Waals surface area contributed by atoms with E-state index < -0.39 is 0 Å². The number of anilines is 1. The predicted octanol–water partition coefficient (Wildman–Crippen LogP) is -0.251. The molecule has 1 unspecified atom stereocenters. The zero-order valence-corrected chi connectivity index (χ0v) is 8.56. The molecule has 0 saturated heterocycles. The Morgan fingerprint density at radius 3 is 2.79 bits per heavy atom. The number of tetrazole rings is 1. The van der Waals surface area contributed by atoms with E-state index in [9.17, 15) is 0 Å². The minimum Gasteiger partial charge on any atom is -0.346 e. The maximum absolute atomic E-state index is 5.77. The molecule has 3 N–H and O–H groups in total. The average molecular weight is 196 g/mol. The highest BCUT2D eigenvalue weighted by Gasteiger charge is 2.41. The number of aromatic nitrogens is 4. The van der Waals surface area contributed by atoms with Crippen molar-refractivity contribution in [3.63, 3.8) is 0 Å². The van der Waals surface area contributed by atoms with Crippen LogP contribution in [0.5, 0.6) is 0 Å². The van der Waals surface area contributed by atoms with Gasteiger partial charge < -0.3 is 11.1 Å². The van der Waals surface area contributed by atoms with Crippen LogP contribution in [0, 0.1) is 5.92 Å². The molecule has 1 fully saturated rings. The van der Waals surface area contributed by atoms with Gasteiger partial charge in [-0.3, -0.25) is 0 Å². The molecule has 78 valence electrons. The van der Waals surface area contributed by atoms with E-state index in [2.05, 4.69) is 27.8 Å². The van der Waals surface area contributed by atoms with Gasteiger partial charge in [0.25, 0.3) is 0 Å². The first-order valence-corrected chi connectivity index (χ1v) is 4.86. The number of hydrogen-bond acceptors (Lipinski definition) is 5. The van der Waals surface area contributed by atoms with Crippen molar-refractivity contribution in [2.75, 3.05) is 11.9 Å². The average Bonchev–Trinajstić information content (AvgIpc) is 2.95. The summed E-state index contributed by atoms with van der Waals surface area (Å²) in [7, 11) is 1.81. The zero-order chi connectivity index (χ0) is 10.2. The van der Waals surface area contributed by atoms with Crippen LogP contribution >= 0.6 is 0 Å². The van der Waals surface area contributed by atoms with Crippen molar-refractivity contribution in [3.8, 4) is 0 Å². The highest BCUT2D eigenvalue weighted by atomic mass is 15.6. The third-order valence-electron chi connectivity index (χ3n) is 2.92. The van der Waals surface area contributed by atoms with Gasteiger partial charge in [0.05, 0.1) is 5.54 Å². The van der Waals surface area contributed by atoms with Crippen molar-refractivity contribution in [3.05, 3.63) is 0 Å². The standard InChI is InChI=1S/C8H16N6/c1-8(5-9,6-3-4-6)10-7-11-12-13-14(7)2/h6H,3-5,9H2,1-2H3,(H,10,11,13). The molecule has 0 aliphatic heterocycles. The van der Waals surface area contributed by atoms with Crippen LogP contribution in [0.15, 0.2) is 0 Å². The van der Waals surface area contributed by atoms with Gasteiger partial charge in [-0.2, -0.15) is 0 Å². The number of nitrogens with zero attached hydrogens (tertiary/aromatic N) is 4. The summed E-state index contributed by atoms with van der Waals surface area (Å²) in [4.78, 5) is 0. The van der Waals surface area contributed by atoms with E-state index in [1.54, 1.807) is 4.68 Å². The van der Waals surface area contributed by atoms with Gasteiger partial charge in [-0.05, 0) is 36.1 Å². The third kappa shape index (κ3) is 1.57. The smallest absolute Gasteiger partial charge is 0.243 e. The van der Waals surface area contributed by atoms with Crippen LogP contribution in [0.25, 0.3) is 0 Å². The minimum absolute atomic E-state index is 0.0670. The quantitative estimate of drug-likeness (QED) is 0.694. The maximum Gasteiger partial charge on any atom is 0.243 e. The molecule has 6 heteroatoms. The Hall–Kier alpha value is -1.17. The molecule has 1 aliphatic rings. The van der Waals surface area contributed by atoms with E-state index in [0.29, 0.717) is 18.4 Å². The zero-order valence-electron chi connectivity index (χ0n) is 8.56. The molecular formula is C8H16N6. The van der Waals surface area contributed by atoms with E-state index in [4.69, 9.17) is 5.73 Å². The van der Waals surface area contributed by atoms with Gasteiger partial charge in [0.1, 0.15) is 0 Å². The monoisotopic (exact) mass is 196 g/mol. The lowest BCUT2D eigenvalue weighted by Crippen LogP contribution is -2.45. The number of rotatable bonds is 4. The predicted molar refractivity (Wildman–Crippen MR) is 52.6 cm³/mol. The van der Waals surface area contributed by atoms with Gasteiger partial charge in [-0.15, -0.1) is 0 Å². The molecule has 1 aromatic rings. The van der Waals surface area contributed by atoms with Crippen LogP contribution in [0.1, 0.15) is 19.8 Å². The fourth-order valence-corrected chi connectivity index (χ4v) is 1.63. The highest BCUT2D eigenvalue weighted by molar-refractivity contribution is 5.29. The molecule has 0 aromatic carbocycles. The van der Waals surface area contributed by atoms with Gasteiger partial charge in [-0.25, -0.2) is 4.68 Å². The van der Waals surface area contributed by atoms with Gasteiger partial charge >= 0.3 is 0 Å². The van der Waals surface area contributed by atoms with Gasteiger partial charge in [0, 0.05) is 13.6 Å². The largest absolute Gasteiger partial charge is 0.346 e. The Kier molecular flexibility index (Phi) is 2.14. The van der Waals surface area contributed by atoms with Crippen molar-refractivity contribution in [2.45, 2.75) is 25.3 Å². The molecule has 0 spiro atoms. The fourth-order valence-electron chi connectivity index (χ4n) is 1.63. The summed E-state index contributed by atoms with van der Waals surface area (Å²) in [5.74, 6) is 1.34. The van der Waals surface area contributed by atoms with Crippen molar-refractivity contribution >= 4 is 5.95 Å². The molecule has 1 aromatic heterocycles. The molecule has 2 rings (SSSR count). The first-order valence-electron chi connectivity index (χ1n) is 4.86. The van der Waals surface area contributed by atoms with Crippen LogP contribution in [0.2, 0.25) is 0 Å². The topological polar surface area (TPSA) is 81.7 Å². The molecule has 0 radical (unpaired) electrons. The number of nitrogens with one attached hydrogen (secondary N) is 1. The van der Waals surface area contributed by atoms with E-state index in [1.165, 1.54) is 12.8 Å². The minimum atomic E-state index is -0.0670. The molecule has 1 saturated carbocycles. The van der Waals surface area contributed by atoms with E-state index in [1.807, 2.05) is 7.05 Å². The first-order chi connectivity index (χ1) is 6.65. The molecule has 6 nitrogen and oxygen atoms in total. The Balaban J connectivity index is 2.11. The summed E-state index contributed by atoms with van der Waals surface area (Å²) in [6.07, 6.45) is 2.48. The summed E-state index contributed by atoms with van der Waals surface area (Å²) in [5.41, 5.74) is 5.71. The second-order valence-corrected chi connectivity index (χ2v) is 4.15. The first kappa shape index (κ1) is 9.39. The lowest BCUT2D eigenvalue weighted by Gasteiger charge is -2.29. The van der Waals surface area contributed by atoms with Gasteiger partial charge in [0.15, 0.2) is 0 Å². The molecule has 14 heavy (non-hydrogen) atoms. The van der Waals surface area contributed by atoms with Gasteiger partial charge in [-0.1, -0.05) is 5.10 Å². The Labute approximate surface area is 82.9 Å². The Morgan fingerprint density at radius 2 is 2.36 bits per heavy atom. The fraction of sp³-hybridized carbons (Fsp3) is 0.875. The Bertz CT molecular complexity index is 317. The molecule has 0 amide bonds. The summed E-state index contributed by atoms with van der Waals surface area (Å²) < 4.78 is 1.62.